The van der Waals surface area contributed by atoms with E-state index in [4.69, 9.17) is 21.3 Å². The molecular weight excluding hydrogens is 398 g/mol. The van der Waals surface area contributed by atoms with Crippen LogP contribution in [0.3, 0.4) is 0 Å². The van der Waals surface area contributed by atoms with Gasteiger partial charge in [0.1, 0.15) is 12.4 Å². The second kappa shape index (κ2) is 8.93. The van der Waals surface area contributed by atoms with Gasteiger partial charge in [-0.25, -0.2) is 4.98 Å². The Morgan fingerprint density at radius 2 is 1.77 bits per heavy atom. The summed E-state index contributed by atoms with van der Waals surface area (Å²) >= 11 is 6.12. The number of rotatable bonds is 6. The summed E-state index contributed by atoms with van der Waals surface area (Å²) in [5, 5.41) is 1.37. The Kier molecular flexibility index (Phi) is 5.91. The zero-order chi connectivity index (χ0) is 20.9. The van der Waals surface area contributed by atoms with Gasteiger partial charge in [-0.1, -0.05) is 41.9 Å². The molecule has 5 nitrogen and oxygen atoms in total. The summed E-state index contributed by atoms with van der Waals surface area (Å²) in [7, 11) is 1.76. The van der Waals surface area contributed by atoms with E-state index >= 15 is 0 Å². The lowest BCUT2D eigenvalue weighted by molar-refractivity contribution is 0.0775. The van der Waals surface area contributed by atoms with Crippen LogP contribution < -0.4 is 4.74 Å². The number of para-hydroxylation sites is 2. The van der Waals surface area contributed by atoms with Crippen molar-refractivity contribution in [1.82, 2.24) is 14.9 Å². The fourth-order valence-electron chi connectivity index (χ4n) is 3.18. The Morgan fingerprint density at radius 1 is 1.03 bits per heavy atom. The molecule has 0 aliphatic carbocycles. The Hall–Kier alpha value is -3.44. The molecule has 2 aromatic heterocycles. The topological polar surface area (TPSA) is 55.3 Å². The number of carbonyl (C=O) groups is 1. The van der Waals surface area contributed by atoms with Gasteiger partial charge in [0.05, 0.1) is 28.3 Å². The number of nitrogens with zero attached hydrogens (tertiary/aromatic N) is 3. The summed E-state index contributed by atoms with van der Waals surface area (Å²) in [6.45, 7) is 0.761. The first-order valence-corrected chi connectivity index (χ1v) is 9.94. The first-order valence-electron chi connectivity index (χ1n) is 9.56. The molecule has 0 unspecified atom stereocenters. The number of fused-ring (bicyclic) bond motifs is 1. The van der Waals surface area contributed by atoms with Gasteiger partial charge in [0.2, 0.25) is 0 Å². The molecule has 0 saturated carbocycles. The molecule has 1 amide bonds. The number of halogens is 1. The lowest BCUT2D eigenvalue weighted by atomic mass is 10.0. The van der Waals surface area contributed by atoms with Crippen molar-refractivity contribution in [1.29, 1.82) is 0 Å². The van der Waals surface area contributed by atoms with Gasteiger partial charge in [0, 0.05) is 30.4 Å². The van der Waals surface area contributed by atoms with Crippen LogP contribution in [-0.4, -0.2) is 41.0 Å². The van der Waals surface area contributed by atoms with Crippen LogP contribution in [0.25, 0.3) is 22.2 Å². The van der Waals surface area contributed by atoms with Crippen molar-refractivity contribution >= 4 is 28.4 Å². The maximum Gasteiger partial charge on any atom is 0.254 e. The van der Waals surface area contributed by atoms with Crippen LogP contribution >= 0.6 is 11.6 Å². The van der Waals surface area contributed by atoms with Crippen molar-refractivity contribution in [3.05, 3.63) is 89.7 Å². The molecule has 0 saturated heterocycles. The number of amides is 1. The minimum Gasteiger partial charge on any atom is -0.490 e. The predicted octanol–water partition coefficient (Wildman–Crippen LogP) is 5.10. The third kappa shape index (κ3) is 4.26. The molecule has 0 radical (unpaired) electrons. The van der Waals surface area contributed by atoms with E-state index in [0.29, 0.717) is 29.5 Å². The standard InChI is InChI=1S/C24H20ClN3O2/c1-28(14-15-30-23-9-5-3-7-20(23)25)24(29)19-16-22(17-10-12-26-13-11-17)27-21-8-4-2-6-18(19)21/h2-13,16H,14-15H2,1H3. The van der Waals surface area contributed by atoms with Crippen molar-refractivity contribution in [2.75, 3.05) is 20.2 Å². The highest BCUT2D eigenvalue weighted by atomic mass is 35.5. The molecule has 6 heteroatoms. The molecule has 0 fully saturated rings. The summed E-state index contributed by atoms with van der Waals surface area (Å²) in [5.41, 5.74) is 3.03. The molecule has 0 bridgehead atoms. The average Bonchev–Trinajstić information content (AvgIpc) is 2.79. The van der Waals surface area contributed by atoms with E-state index in [0.717, 1.165) is 22.2 Å². The summed E-state index contributed by atoms with van der Waals surface area (Å²) in [6.07, 6.45) is 3.43. The largest absolute Gasteiger partial charge is 0.490 e. The first kappa shape index (κ1) is 19.9. The molecule has 2 heterocycles. The molecule has 0 N–H and O–H groups in total. The Bertz CT molecular complexity index is 1180. The quantitative estimate of drug-likeness (QED) is 0.438. The molecule has 4 aromatic rings. The van der Waals surface area contributed by atoms with Crippen LogP contribution in [0, 0.1) is 0 Å². The van der Waals surface area contributed by atoms with E-state index in [-0.39, 0.29) is 5.91 Å². The minimum atomic E-state index is -0.0911. The van der Waals surface area contributed by atoms with Crippen molar-refractivity contribution in [2.24, 2.45) is 0 Å². The molecule has 2 aromatic carbocycles. The maximum atomic E-state index is 13.3. The monoisotopic (exact) mass is 417 g/mol. The minimum absolute atomic E-state index is 0.0911. The highest BCUT2D eigenvalue weighted by Crippen LogP contribution is 2.26. The average molecular weight is 418 g/mol. The molecule has 150 valence electrons. The van der Waals surface area contributed by atoms with Gasteiger partial charge < -0.3 is 9.64 Å². The third-order valence-corrected chi connectivity index (χ3v) is 5.10. The zero-order valence-corrected chi connectivity index (χ0v) is 17.2. The SMILES string of the molecule is CN(CCOc1ccccc1Cl)C(=O)c1cc(-c2ccncc2)nc2ccccc12. The number of carbonyl (C=O) groups excluding carboxylic acids is 1. The highest BCUT2D eigenvalue weighted by Gasteiger charge is 2.17. The van der Waals surface area contributed by atoms with E-state index in [2.05, 4.69) is 4.98 Å². The smallest absolute Gasteiger partial charge is 0.254 e. The van der Waals surface area contributed by atoms with Crippen LogP contribution in [0.15, 0.2) is 79.1 Å². The predicted molar refractivity (Wildman–Crippen MR) is 119 cm³/mol. The van der Waals surface area contributed by atoms with Gasteiger partial charge in [-0.3, -0.25) is 9.78 Å². The van der Waals surface area contributed by atoms with Gasteiger partial charge in [-0.2, -0.15) is 0 Å². The molecule has 0 aliphatic heterocycles. The summed E-state index contributed by atoms with van der Waals surface area (Å²) in [6, 6.07) is 20.5. The number of hydrogen-bond donors (Lipinski definition) is 0. The third-order valence-electron chi connectivity index (χ3n) is 4.79. The number of ether oxygens (including phenoxy) is 1. The highest BCUT2D eigenvalue weighted by molar-refractivity contribution is 6.32. The van der Waals surface area contributed by atoms with Gasteiger partial charge in [0.15, 0.2) is 0 Å². The van der Waals surface area contributed by atoms with Gasteiger partial charge in [-0.15, -0.1) is 0 Å². The van der Waals surface area contributed by atoms with Crippen LogP contribution in [0.5, 0.6) is 5.75 Å². The number of benzene rings is 2. The molecular formula is C24H20ClN3O2. The van der Waals surface area contributed by atoms with Crippen LogP contribution in [-0.2, 0) is 0 Å². The van der Waals surface area contributed by atoms with Crippen molar-refractivity contribution in [3.63, 3.8) is 0 Å². The van der Waals surface area contributed by atoms with Gasteiger partial charge in [-0.05, 0) is 36.4 Å². The van der Waals surface area contributed by atoms with E-state index in [1.807, 2.05) is 60.7 Å². The Morgan fingerprint density at radius 3 is 2.57 bits per heavy atom. The van der Waals surface area contributed by atoms with Gasteiger partial charge in [0.25, 0.3) is 5.91 Å². The second-order valence-corrected chi connectivity index (χ2v) is 7.22. The summed E-state index contributed by atoms with van der Waals surface area (Å²) in [5.74, 6) is 0.515. The molecule has 30 heavy (non-hydrogen) atoms. The summed E-state index contributed by atoms with van der Waals surface area (Å²) in [4.78, 5) is 23.7. The number of likely N-dealkylation sites (N-methyl/N-ethyl adjacent to an activating group) is 1. The number of aromatic nitrogens is 2. The van der Waals surface area contributed by atoms with Crippen molar-refractivity contribution in [2.45, 2.75) is 0 Å². The Labute approximate surface area is 179 Å². The van der Waals surface area contributed by atoms with E-state index in [9.17, 15) is 4.79 Å². The number of pyridine rings is 2. The number of hydrogen-bond acceptors (Lipinski definition) is 4. The van der Waals surface area contributed by atoms with Crippen LogP contribution in [0.1, 0.15) is 10.4 Å². The van der Waals surface area contributed by atoms with E-state index in [1.165, 1.54) is 0 Å². The normalized spacial score (nSPS) is 10.7. The van der Waals surface area contributed by atoms with E-state index < -0.39 is 0 Å². The van der Waals surface area contributed by atoms with Crippen molar-refractivity contribution < 1.29 is 9.53 Å². The molecule has 0 aliphatic rings. The maximum absolute atomic E-state index is 13.3. The first-order chi connectivity index (χ1) is 14.6. The Balaban J connectivity index is 1.58. The second-order valence-electron chi connectivity index (χ2n) is 6.81. The lowest BCUT2D eigenvalue weighted by Crippen LogP contribution is -2.31. The molecule has 0 spiro atoms. The van der Waals surface area contributed by atoms with Crippen molar-refractivity contribution in [3.8, 4) is 17.0 Å². The fourth-order valence-corrected chi connectivity index (χ4v) is 3.37. The molecule has 4 rings (SSSR count). The van der Waals surface area contributed by atoms with Crippen LogP contribution in [0.4, 0.5) is 0 Å². The van der Waals surface area contributed by atoms with E-state index in [1.54, 1.807) is 30.4 Å². The van der Waals surface area contributed by atoms with Gasteiger partial charge >= 0.3 is 0 Å². The molecule has 0 atom stereocenters. The van der Waals surface area contributed by atoms with Crippen LogP contribution in [0.2, 0.25) is 5.02 Å². The lowest BCUT2D eigenvalue weighted by Gasteiger charge is -2.19. The summed E-state index contributed by atoms with van der Waals surface area (Å²) < 4.78 is 5.73. The zero-order valence-electron chi connectivity index (χ0n) is 16.5. The fraction of sp³-hybridized carbons (Fsp3) is 0.125.